The van der Waals surface area contributed by atoms with E-state index in [9.17, 15) is 4.39 Å². The summed E-state index contributed by atoms with van der Waals surface area (Å²) in [6.07, 6.45) is 0.651. The predicted octanol–water partition coefficient (Wildman–Crippen LogP) is 5.81. The minimum absolute atomic E-state index is 0. The third-order valence-corrected chi connectivity index (χ3v) is 4.39. The van der Waals surface area contributed by atoms with Gasteiger partial charge in [0.2, 0.25) is 0 Å². The smallest absolute Gasteiger partial charge is 0.138 e. The number of hydrogen-bond acceptors (Lipinski definition) is 2. The second-order valence-electron chi connectivity index (χ2n) is 6.06. The molecule has 3 aromatic rings. The van der Waals surface area contributed by atoms with Crippen LogP contribution in [0.3, 0.4) is 0 Å². The molecule has 0 aromatic heterocycles. The van der Waals surface area contributed by atoms with Crippen LogP contribution in [0.1, 0.15) is 16.7 Å². The molecule has 5 heteroatoms. The molecule has 0 aliphatic rings. The summed E-state index contributed by atoms with van der Waals surface area (Å²) < 4.78 is 19.4. The molecular formula is C22H22Cl2FNO. The molecule has 0 atom stereocenters. The molecule has 3 aromatic carbocycles. The quantitative estimate of drug-likeness (QED) is 0.477. The SMILES string of the molecule is Cl.Fc1ccccc1CCNCc1ccc(OCc2ccccc2)c(Cl)c1. The average molecular weight is 406 g/mol. The first kappa shape index (κ1) is 21.2. The summed E-state index contributed by atoms with van der Waals surface area (Å²) >= 11 is 6.32. The third kappa shape index (κ3) is 6.55. The summed E-state index contributed by atoms with van der Waals surface area (Å²) in [4.78, 5) is 0. The standard InChI is InChI=1S/C22H21ClFNO.ClH/c23-20-14-18(15-25-13-12-19-8-4-5-9-21(19)24)10-11-22(20)26-16-17-6-2-1-3-7-17;/h1-11,14,25H,12-13,15-16H2;1H. The zero-order chi connectivity index (χ0) is 18.2. The lowest BCUT2D eigenvalue weighted by Crippen LogP contribution is -2.17. The van der Waals surface area contributed by atoms with Crippen molar-refractivity contribution in [1.29, 1.82) is 0 Å². The Balaban J connectivity index is 0.00000261. The molecule has 0 heterocycles. The first-order chi connectivity index (χ1) is 12.7. The van der Waals surface area contributed by atoms with Crippen molar-refractivity contribution in [3.05, 3.63) is 100 Å². The van der Waals surface area contributed by atoms with Gasteiger partial charge in [-0.15, -0.1) is 12.4 Å². The van der Waals surface area contributed by atoms with Crippen LogP contribution in [0.15, 0.2) is 72.8 Å². The fraction of sp³-hybridized carbons (Fsp3) is 0.182. The maximum atomic E-state index is 13.6. The number of halogens is 3. The van der Waals surface area contributed by atoms with Gasteiger partial charge in [-0.2, -0.15) is 0 Å². The van der Waals surface area contributed by atoms with Gasteiger partial charge in [-0.25, -0.2) is 4.39 Å². The summed E-state index contributed by atoms with van der Waals surface area (Å²) in [5.41, 5.74) is 2.89. The second kappa shape index (κ2) is 10.9. The van der Waals surface area contributed by atoms with E-state index in [2.05, 4.69) is 5.32 Å². The zero-order valence-corrected chi connectivity index (χ0v) is 16.4. The van der Waals surface area contributed by atoms with E-state index < -0.39 is 0 Å². The molecular weight excluding hydrogens is 384 g/mol. The fourth-order valence-corrected chi connectivity index (χ4v) is 2.92. The van der Waals surface area contributed by atoms with E-state index in [1.807, 2.05) is 60.7 Å². The van der Waals surface area contributed by atoms with Crippen molar-refractivity contribution in [2.75, 3.05) is 6.54 Å². The van der Waals surface area contributed by atoms with E-state index in [-0.39, 0.29) is 18.2 Å². The van der Waals surface area contributed by atoms with Gasteiger partial charge >= 0.3 is 0 Å². The van der Waals surface area contributed by atoms with Gasteiger partial charge in [0.25, 0.3) is 0 Å². The van der Waals surface area contributed by atoms with Crippen LogP contribution >= 0.6 is 24.0 Å². The van der Waals surface area contributed by atoms with Crippen molar-refractivity contribution in [2.45, 2.75) is 19.6 Å². The van der Waals surface area contributed by atoms with Gasteiger partial charge in [0.15, 0.2) is 0 Å². The minimum Gasteiger partial charge on any atom is -0.487 e. The maximum Gasteiger partial charge on any atom is 0.138 e. The molecule has 0 bridgehead atoms. The number of rotatable bonds is 8. The minimum atomic E-state index is -0.155. The van der Waals surface area contributed by atoms with Gasteiger partial charge in [0, 0.05) is 6.54 Å². The molecule has 0 unspecified atom stereocenters. The number of benzene rings is 3. The lowest BCUT2D eigenvalue weighted by atomic mass is 10.1. The second-order valence-corrected chi connectivity index (χ2v) is 6.46. The zero-order valence-electron chi connectivity index (χ0n) is 14.8. The number of ether oxygens (including phenoxy) is 1. The van der Waals surface area contributed by atoms with E-state index in [1.165, 1.54) is 6.07 Å². The highest BCUT2D eigenvalue weighted by molar-refractivity contribution is 6.32. The van der Waals surface area contributed by atoms with Crippen LogP contribution in [-0.2, 0) is 19.6 Å². The van der Waals surface area contributed by atoms with Crippen molar-refractivity contribution < 1.29 is 9.13 Å². The molecule has 0 saturated heterocycles. The summed E-state index contributed by atoms with van der Waals surface area (Å²) in [5.74, 6) is 0.517. The Hall–Kier alpha value is -2.07. The van der Waals surface area contributed by atoms with Crippen molar-refractivity contribution >= 4 is 24.0 Å². The molecule has 0 spiro atoms. The summed E-state index contributed by atoms with van der Waals surface area (Å²) in [5, 5.41) is 3.91. The molecule has 0 amide bonds. The highest BCUT2D eigenvalue weighted by Gasteiger charge is 2.05. The van der Waals surface area contributed by atoms with E-state index in [0.29, 0.717) is 36.9 Å². The number of nitrogens with one attached hydrogen (secondary N) is 1. The Morgan fingerprint density at radius 3 is 2.37 bits per heavy atom. The van der Waals surface area contributed by atoms with Gasteiger partial charge in [-0.1, -0.05) is 66.2 Å². The molecule has 2 nitrogen and oxygen atoms in total. The first-order valence-electron chi connectivity index (χ1n) is 8.61. The Labute approximate surface area is 170 Å². The van der Waals surface area contributed by atoms with Crippen molar-refractivity contribution in [2.24, 2.45) is 0 Å². The van der Waals surface area contributed by atoms with E-state index >= 15 is 0 Å². The highest BCUT2D eigenvalue weighted by Crippen LogP contribution is 2.26. The van der Waals surface area contributed by atoms with E-state index in [4.69, 9.17) is 16.3 Å². The van der Waals surface area contributed by atoms with Gasteiger partial charge in [-0.3, -0.25) is 0 Å². The van der Waals surface area contributed by atoms with Gasteiger partial charge in [-0.05, 0) is 47.9 Å². The molecule has 0 aliphatic heterocycles. The Bertz CT molecular complexity index is 843. The van der Waals surface area contributed by atoms with Gasteiger partial charge in [0.05, 0.1) is 5.02 Å². The molecule has 1 N–H and O–H groups in total. The van der Waals surface area contributed by atoms with Crippen LogP contribution in [0.25, 0.3) is 0 Å². The molecule has 0 fully saturated rings. The number of hydrogen-bond donors (Lipinski definition) is 1. The van der Waals surface area contributed by atoms with Gasteiger partial charge < -0.3 is 10.1 Å². The lowest BCUT2D eigenvalue weighted by molar-refractivity contribution is 0.306. The molecule has 0 radical (unpaired) electrons. The van der Waals surface area contributed by atoms with E-state index in [1.54, 1.807) is 6.07 Å². The molecule has 0 saturated carbocycles. The van der Waals surface area contributed by atoms with Crippen LogP contribution in [-0.4, -0.2) is 6.54 Å². The van der Waals surface area contributed by atoms with Gasteiger partial charge in [0.1, 0.15) is 18.2 Å². The van der Waals surface area contributed by atoms with Crippen molar-refractivity contribution in [1.82, 2.24) is 5.32 Å². The summed E-state index contributed by atoms with van der Waals surface area (Å²) in [7, 11) is 0. The maximum absolute atomic E-state index is 13.6. The monoisotopic (exact) mass is 405 g/mol. The summed E-state index contributed by atoms with van der Waals surface area (Å²) in [6.45, 7) is 1.86. The van der Waals surface area contributed by atoms with Crippen molar-refractivity contribution in [3.8, 4) is 5.75 Å². The summed E-state index contributed by atoms with van der Waals surface area (Å²) in [6, 6.07) is 22.6. The first-order valence-corrected chi connectivity index (χ1v) is 8.99. The van der Waals surface area contributed by atoms with E-state index in [0.717, 1.165) is 16.7 Å². The predicted molar refractivity (Wildman–Crippen MR) is 111 cm³/mol. The van der Waals surface area contributed by atoms with Crippen LogP contribution in [0.5, 0.6) is 5.75 Å². The van der Waals surface area contributed by atoms with Crippen molar-refractivity contribution in [3.63, 3.8) is 0 Å². The Morgan fingerprint density at radius 2 is 1.63 bits per heavy atom. The Morgan fingerprint density at radius 1 is 0.889 bits per heavy atom. The van der Waals surface area contributed by atoms with Crippen LogP contribution in [0, 0.1) is 5.82 Å². The molecule has 3 rings (SSSR count). The fourth-order valence-electron chi connectivity index (χ4n) is 2.66. The Kier molecular flexibility index (Phi) is 8.59. The third-order valence-electron chi connectivity index (χ3n) is 4.09. The normalized spacial score (nSPS) is 10.3. The highest BCUT2D eigenvalue weighted by atomic mass is 35.5. The van der Waals surface area contributed by atoms with Crippen LogP contribution in [0.4, 0.5) is 4.39 Å². The largest absolute Gasteiger partial charge is 0.487 e. The topological polar surface area (TPSA) is 21.3 Å². The molecule has 27 heavy (non-hydrogen) atoms. The lowest BCUT2D eigenvalue weighted by Gasteiger charge is -2.10. The molecule has 0 aliphatic carbocycles. The average Bonchev–Trinajstić information content (AvgIpc) is 2.67. The molecule has 142 valence electrons. The van der Waals surface area contributed by atoms with Crippen LogP contribution < -0.4 is 10.1 Å². The van der Waals surface area contributed by atoms with Crippen LogP contribution in [0.2, 0.25) is 5.02 Å².